The summed E-state index contributed by atoms with van der Waals surface area (Å²) in [4.78, 5) is 9.67. The van der Waals surface area contributed by atoms with E-state index in [0.717, 1.165) is 24.3 Å². The van der Waals surface area contributed by atoms with E-state index in [1.165, 1.54) is 30.5 Å². The zero-order valence-corrected chi connectivity index (χ0v) is 12.5. The molecule has 0 saturated carbocycles. The fraction of sp³-hybridized carbons (Fsp3) is 0.471. The number of aromatic nitrogens is 1. The van der Waals surface area contributed by atoms with Crippen LogP contribution in [0.2, 0.25) is 0 Å². The summed E-state index contributed by atoms with van der Waals surface area (Å²) < 4.78 is 0. The van der Waals surface area contributed by atoms with Crippen LogP contribution in [0.4, 0.5) is 11.4 Å². The van der Waals surface area contributed by atoms with Gasteiger partial charge in [-0.25, -0.2) is 0 Å². The predicted molar refractivity (Wildman–Crippen MR) is 87.6 cm³/mol. The van der Waals surface area contributed by atoms with Crippen molar-refractivity contribution in [1.29, 1.82) is 0 Å². The smallest absolute Gasteiger partial charge is 0.0951 e. The van der Waals surface area contributed by atoms with Gasteiger partial charge < -0.3 is 10.6 Å². The molecule has 2 atom stereocenters. The topological polar surface area (TPSA) is 45.4 Å². The van der Waals surface area contributed by atoms with Gasteiger partial charge >= 0.3 is 0 Å². The number of rotatable bonds is 1. The van der Waals surface area contributed by atoms with Crippen molar-refractivity contribution in [3.63, 3.8) is 0 Å². The summed E-state index contributed by atoms with van der Waals surface area (Å²) in [5, 5.41) is 1.18. The minimum Gasteiger partial charge on any atom is -0.397 e. The molecule has 2 aliphatic rings. The van der Waals surface area contributed by atoms with Crippen LogP contribution < -0.4 is 10.6 Å². The van der Waals surface area contributed by atoms with Crippen molar-refractivity contribution in [2.45, 2.75) is 31.8 Å². The number of pyridine rings is 1. The molecule has 4 heteroatoms. The van der Waals surface area contributed by atoms with Crippen LogP contribution in [0.1, 0.15) is 19.8 Å². The highest BCUT2D eigenvalue weighted by molar-refractivity contribution is 5.98. The monoisotopic (exact) mass is 282 g/mol. The van der Waals surface area contributed by atoms with E-state index in [9.17, 15) is 0 Å². The van der Waals surface area contributed by atoms with Gasteiger partial charge in [0.1, 0.15) is 0 Å². The third-order valence-corrected chi connectivity index (χ3v) is 5.02. The second-order valence-electron chi connectivity index (χ2n) is 6.37. The van der Waals surface area contributed by atoms with Gasteiger partial charge in [-0.1, -0.05) is 0 Å². The Morgan fingerprint density at radius 2 is 2.14 bits per heavy atom. The van der Waals surface area contributed by atoms with Gasteiger partial charge in [-0.3, -0.25) is 9.88 Å². The summed E-state index contributed by atoms with van der Waals surface area (Å²) in [5.74, 6) is 0. The maximum absolute atomic E-state index is 6.09. The van der Waals surface area contributed by atoms with Crippen LogP contribution in [-0.2, 0) is 0 Å². The Morgan fingerprint density at radius 1 is 1.24 bits per heavy atom. The number of fused-ring (bicyclic) bond motifs is 2. The van der Waals surface area contributed by atoms with Gasteiger partial charge in [0.05, 0.1) is 11.2 Å². The number of hydrogen-bond donors (Lipinski definition) is 1. The highest BCUT2D eigenvalue weighted by atomic mass is 15.3. The molecule has 3 heterocycles. The van der Waals surface area contributed by atoms with Crippen LogP contribution in [-0.4, -0.2) is 41.6 Å². The van der Waals surface area contributed by atoms with E-state index in [0.29, 0.717) is 12.1 Å². The number of nitrogens with two attached hydrogens (primary N) is 1. The molecule has 4 nitrogen and oxygen atoms in total. The molecular formula is C17H22N4. The number of nitrogen functional groups attached to an aromatic ring is 1. The molecular weight excluding hydrogens is 260 g/mol. The van der Waals surface area contributed by atoms with Crippen LogP contribution in [0.25, 0.3) is 10.9 Å². The first kappa shape index (κ1) is 12.9. The first-order chi connectivity index (χ1) is 10.2. The molecule has 2 unspecified atom stereocenters. The van der Waals surface area contributed by atoms with Gasteiger partial charge in [-0.05, 0) is 50.6 Å². The Kier molecular flexibility index (Phi) is 3.00. The molecule has 2 saturated heterocycles. The molecule has 0 aliphatic carbocycles. The quantitative estimate of drug-likeness (QED) is 0.816. The van der Waals surface area contributed by atoms with E-state index in [-0.39, 0.29) is 0 Å². The molecule has 1 aromatic heterocycles. The molecule has 2 N–H and O–H groups in total. The Bertz CT molecular complexity index is 669. The van der Waals surface area contributed by atoms with Gasteiger partial charge in [-0.15, -0.1) is 0 Å². The van der Waals surface area contributed by atoms with Crippen molar-refractivity contribution in [3.05, 3.63) is 30.5 Å². The average molecular weight is 282 g/mol. The van der Waals surface area contributed by atoms with Gasteiger partial charge in [0.15, 0.2) is 0 Å². The van der Waals surface area contributed by atoms with Gasteiger partial charge in [0.2, 0.25) is 0 Å². The van der Waals surface area contributed by atoms with E-state index >= 15 is 0 Å². The maximum atomic E-state index is 6.09. The molecule has 0 radical (unpaired) electrons. The van der Waals surface area contributed by atoms with E-state index in [4.69, 9.17) is 5.73 Å². The van der Waals surface area contributed by atoms with Crippen molar-refractivity contribution in [1.82, 2.24) is 9.88 Å². The van der Waals surface area contributed by atoms with E-state index < -0.39 is 0 Å². The summed E-state index contributed by atoms with van der Waals surface area (Å²) in [6.07, 6.45) is 4.49. The van der Waals surface area contributed by atoms with Crippen molar-refractivity contribution in [3.8, 4) is 0 Å². The lowest BCUT2D eigenvalue weighted by Crippen LogP contribution is -2.55. The average Bonchev–Trinajstić information content (AvgIpc) is 2.94. The number of nitrogens with zero attached hydrogens (tertiary/aromatic N) is 3. The van der Waals surface area contributed by atoms with Crippen LogP contribution in [0.3, 0.4) is 0 Å². The SMILES string of the molecule is CC1CN2CCCC2CN1c1ccc(N)c2ncccc12. The van der Waals surface area contributed by atoms with Crippen molar-refractivity contribution in [2.75, 3.05) is 30.3 Å². The van der Waals surface area contributed by atoms with E-state index in [1.807, 2.05) is 18.3 Å². The molecule has 1 aromatic carbocycles. The molecule has 110 valence electrons. The largest absolute Gasteiger partial charge is 0.397 e. The maximum Gasteiger partial charge on any atom is 0.0951 e. The molecule has 2 aliphatic heterocycles. The highest BCUT2D eigenvalue weighted by Gasteiger charge is 2.34. The lowest BCUT2D eigenvalue weighted by molar-refractivity contribution is 0.203. The van der Waals surface area contributed by atoms with E-state index in [1.54, 1.807) is 0 Å². The molecule has 0 bridgehead atoms. The number of anilines is 2. The second kappa shape index (κ2) is 4.88. The number of benzene rings is 1. The summed E-state index contributed by atoms with van der Waals surface area (Å²) in [6, 6.07) is 9.56. The molecule has 21 heavy (non-hydrogen) atoms. The first-order valence-electron chi connectivity index (χ1n) is 7.88. The molecule has 2 aromatic rings. The standard InChI is InChI=1S/C17H22N4/c1-12-10-20-9-3-4-13(20)11-21(12)16-7-6-15(18)17-14(16)5-2-8-19-17/h2,5-8,12-13H,3-4,9-11,18H2,1H3. The fourth-order valence-corrected chi connectivity index (χ4v) is 3.95. The number of hydrogen-bond acceptors (Lipinski definition) is 4. The highest BCUT2D eigenvalue weighted by Crippen LogP contribution is 2.34. The third kappa shape index (κ3) is 2.05. The molecule has 0 amide bonds. The summed E-state index contributed by atoms with van der Waals surface area (Å²) in [7, 11) is 0. The summed E-state index contributed by atoms with van der Waals surface area (Å²) >= 11 is 0. The Morgan fingerprint density at radius 3 is 3.05 bits per heavy atom. The second-order valence-corrected chi connectivity index (χ2v) is 6.37. The van der Waals surface area contributed by atoms with Crippen LogP contribution >= 0.6 is 0 Å². The van der Waals surface area contributed by atoms with Crippen molar-refractivity contribution < 1.29 is 0 Å². The van der Waals surface area contributed by atoms with Crippen LogP contribution in [0.5, 0.6) is 0 Å². The van der Waals surface area contributed by atoms with Crippen LogP contribution in [0, 0.1) is 0 Å². The summed E-state index contributed by atoms with van der Waals surface area (Å²) in [6.45, 7) is 5.88. The Hall–Kier alpha value is -1.81. The lowest BCUT2D eigenvalue weighted by Gasteiger charge is -2.44. The molecule has 0 spiro atoms. The molecule has 4 rings (SSSR count). The lowest BCUT2D eigenvalue weighted by atomic mass is 10.0. The first-order valence-corrected chi connectivity index (χ1v) is 7.88. The van der Waals surface area contributed by atoms with Crippen molar-refractivity contribution >= 4 is 22.3 Å². The summed E-state index contributed by atoms with van der Waals surface area (Å²) in [5.41, 5.74) is 9.06. The van der Waals surface area contributed by atoms with Gasteiger partial charge in [-0.2, -0.15) is 0 Å². The minimum absolute atomic E-state index is 0.534. The fourth-order valence-electron chi connectivity index (χ4n) is 3.95. The predicted octanol–water partition coefficient (Wildman–Crippen LogP) is 2.49. The van der Waals surface area contributed by atoms with Gasteiger partial charge in [0.25, 0.3) is 0 Å². The third-order valence-electron chi connectivity index (χ3n) is 5.02. The van der Waals surface area contributed by atoms with Gasteiger partial charge in [0, 0.05) is 42.4 Å². The minimum atomic E-state index is 0.534. The zero-order valence-electron chi connectivity index (χ0n) is 12.5. The molecule has 2 fully saturated rings. The normalized spacial score (nSPS) is 26.2. The Labute approximate surface area is 125 Å². The Balaban J connectivity index is 1.77. The zero-order chi connectivity index (χ0) is 14.4. The number of piperazine rings is 1. The van der Waals surface area contributed by atoms with Crippen molar-refractivity contribution in [2.24, 2.45) is 0 Å². The van der Waals surface area contributed by atoms with E-state index in [2.05, 4.69) is 33.8 Å². The van der Waals surface area contributed by atoms with Crippen LogP contribution in [0.15, 0.2) is 30.5 Å².